The van der Waals surface area contributed by atoms with Crippen LogP contribution in [0.5, 0.6) is 0 Å². The molecule has 0 radical (unpaired) electrons. The SMILES string of the molecule is CN=C(NCCN(C)C(C)C)N1CCSC(C)(C)C1.I. The molecule has 1 rings (SSSR count). The van der Waals surface area contributed by atoms with Gasteiger partial charge >= 0.3 is 0 Å². The van der Waals surface area contributed by atoms with Gasteiger partial charge in [-0.2, -0.15) is 11.8 Å². The molecule has 0 aromatic rings. The average molecular weight is 414 g/mol. The zero-order chi connectivity index (χ0) is 14.5. The third kappa shape index (κ3) is 6.85. The van der Waals surface area contributed by atoms with Gasteiger partial charge in [-0.15, -0.1) is 24.0 Å². The lowest BCUT2D eigenvalue weighted by Gasteiger charge is -2.39. The number of thioether (sulfide) groups is 1. The maximum atomic E-state index is 4.42. The maximum absolute atomic E-state index is 4.42. The van der Waals surface area contributed by atoms with Crippen LogP contribution >= 0.6 is 35.7 Å². The summed E-state index contributed by atoms with van der Waals surface area (Å²) in [4.78, 5) is 9.15. The molecule has 20 heavy (non-hydrogen) atoms. The second kappa shape index (κ2) is 9.35. The van der Waals surface area contributed by atoms with E-state index in [4.69, 9.17) is 0 Å². The molecule has 0 unspecified atom stereocenters. The van der Waals surface area contributed by atoms with Gasteiger partial charge in [0, 0.05) is 49.8 Å². The fourth-order valence-corrected chi connectivity index (χ4v) is 3.24. The predicted molar refractivity (Wildman–Crippen MR) is 103 cm³/mol. The summed E-state index contributed by atoms with van der Waals surface area (Å²) in [6, 6.07) is 0.592. The minimum absolute atomic E-state index is 0. The Hall–Kier alpha value is 0.310. The molecule has 0 bridgehead atoms. The largest absolute Gasteiger partial charge is 0.355 e. The number of nitrogens with zero attached hydrogens (tertiary/aromatic N) is 3. The first kappa shape index (κ1) is 20.3. The molecule has 0 aromatic carbocycles. The van der Waals surface area contributed by atoms with Crippen LogP contribution in [0.3, 0.4) is 0 Å². The molecule has 1 N–H and O–H groups in total. The van der Waals surface area contributed by atoms with Crippen molar-refractivity contribution in [3.63, 3.8) is 0 Å². The molecule has 0 aliphatic carbocycles. The van der Waals surface area contributed by atoms with Crippen molar-refractivity contribution in [1.29, 1.82) is 0 Å². The normalized spacial score (nSPS) is 19.2. The van der Waals surface area contributed by atoms with E-state index in [9.17, 15) is 0 Å². The number of hydrogen-bond donors (Lipinski definition) is 1. The van der Waals surface area contributed by atoms with Crippen molar-refractivity contribution in [3.8, 4) is 0 Å². The van der Waals surface area contributed by atoms with Crippen LogP contribution in [0.2, 0.25) is 0 Å². The maximum Gasteiger partial charge on any atom is 0.193 e. The second-order valence-corrected chi connectivity index (χ2v) is 7.88. The molecule has 0 amide bonds. The predicted octanol–water partition coefficient (Wildman–Crippen LogP) is 2.35. The molecule has 0 atom stereocenters. The van der Waals surface area contributed by atoms with Crippen molar-refractivity contribution in [1.82, 2.24) is 15.1 Å². The topological polar surface area (TPSA) is 30.9 Å². The third-order valence-corrected chi connectivity index (χ3v) is 4.86. The minimum atomic E-state index is 0. The highest BCUT2D eigenvalue weighted by atomic mass is 127. The van der Waals surface area contributed by atoms with Crippen LogP contribution < -0.4 is 5.32 Å². The number of nitrogens with one attached hydrogen (secondary N) is 1. The highest BCUT2D eigenvalue weighted by Crippen LogP contribution is 2.29. The lowest BCUT2D eigenvalue weighted by molar-refractivity contribution is 0.275. The van der Waals surface area contributed by atoms with Crippen molar-refractivity contribution in [2.75, 3.05) is 46.0 Å². The van der Waals surface area contributed by atoms with Gasteiger partial charge in [-0.25, -0.2) is 0 Å². The number of hydrogen-bond acceptors (Lipinski definition) is 3. The highest BCUT2D eigenvalue weighted by Gasteiger charge is 2.28. The molecule has 1 aliphatic rings. The van der Waals surface area contributed by atoms with E-state index in [0.717, 1.165) is 32.1 Å². The molecule has 1 aliphatic heterocycles. The molecule has 0 spiro atoms. The van der Waals surface area contributed by atoms with Gasteiger partial charge in [0.2, 0.25) is 0 Å². The van der Waals surface area contributed by atoms with Crippen LogP contribution in [0.4, 0.5) is 0 Å². The Morgan fingerprint density at radius 1 is 1.45 bits per heavy atom. The molecule has 120 valence electrons. The quantitative estimate of drug-likeness (QED) is 0.435. The smallest absolute Gasteiger partial charge is 0.193 e. The summed E-state index contributed by atoms with van der Waals surface area (Å²) in [7, 11) is 4.04. The molecule has 0 aromatic heterocycles. The lowest BCUT2D eigenvalue weighted by atomic mass is 10.2. The zero-order valence-electron chi connectivity index (χ0n) is 13.8. The fourth-order valence-electron chi connectivity index (χ4n) is 2.13. The summed E-state index contributed by atoms with van der Waals surface area (Å²) in [6.07, 6.45) is 0. The van der Waals surface area contributed by atoms with Crippen LogP contribution in [-0.2, 0) is 0 Å². The second-order valence-electron chi connectivity index (χ2n) is 6.08. The van der Waals surface area contributed by atoms with E-state index in [1.54, 1.807) is 0 Å². The summed E-state index contributed by atoms with van der Waals surface area (Å²) in [6.45, 7) is 13.2. The van der Waals surface area contributed by atoms with Gasteiger partial charge in [0.05, 0.1) is 0 Å². The summed E-state index contributed by atoms with van der Waals surface area (Å²) in [5.74, 6) is 2.23. The van der Waals surface area contributed by atoms with E-state index < -0.39 is 0 Å². The van der Waals surface area contributed by atoms with Gasteiger partial charge in [0.1, 0.15) is 0 Å². The Labute approximate surface area is 146 Å². The third-order valence-electron chi connectivity index (χ3n) is 3.57. The van der Waals surface area contributed by atoms with Crippen molar-refractivity contribution < 1.29 is 0 Å². The van der Waals surface area contributed by atoms with Gasteiger partial charge in [-0.3, -0.25) is 4.99 Å². The van der Waals surface area contributed by atoms with Crippen LogP contribution in [0.25, 0.3) is 0 Å². The lowest BCUT2D eigenvalue weighted by Crippen LogP contribution is -2.51. The fraction of sp³-hybridized carbons (Fsp3) is 0.929. The Morgan fingerprint density at radius 3 is 2.60 bits per heavy atom. The van der Waals surface area contributed by atoms with Gasteiger partial charge in [-0.1, -0.05) is 0 Å². The monoisotopic (exact) mass is 414 g/mol. The van der Waals surface area contributed by atoms with Crippen LogP contribution in [0.1, 0.15) is 27.7 Å². The van der Waals surface area contributed by atoms with Crippen LogP contribution in [-0.4, -0.2) is 72.6 Å². The van der Waals surface area contributed by atoms with Gasteiger partial charge < -0.3 is 15.1 Å². The Balaban J connectivity index is 0.00000361. The summed E-state index contributed by atoms with van der Waals surface area (Å²) < 4.78 is 0.324. The summed E-state index contributed by atoms with van der Waals surface area (Å²) in [5, 5.41) is 3.49. The van der Waals surface area contributed by atoms with Gasteiger partial charge in [0.15, 0.2) is 5.96 Å². The number of aliphatic imine (C=N–C) groups is 1. The molecule has 1 heterocycles. The van der Waals surface area contributed by atoms with E-state index in [1.165, 1.54) is 5.75 Å². The van der Waals surface area contributed by atoms with Crippen molar-refractivity contribution in [2.45, 2.75) is 38.5 Å². The van der Waals surface area contributed by atoms with E-state index >= 15 is 0 Å². The number of halogens is 1. The molecule has 1 saturated heterocycles. The summed E-state index contributed by atoms with van der Waals surface area (Å²) >= 11 is 2.05. The highest BCUT2D eigenvalue weighted by molar-refractivity contribution is 14.0. The number of rotatable bonds is 4. The molecule has 1 fully saturated rings. The van der Waals surface area contributed by atoms with E-state index in [-0.39, 0.29) is 24.0 Å². The van der Waals surface area contributed by atoms with Crippen LogP contribution in [0, 0.1) is 0 Å². The summed E-state index contributed by atoms with van der Waals surface area (Å²) in [5.41, 5.74) is 0. The van der Waals surface area contributed by atoms with Gasteiger partial charge in [-0.05, 0) is 34.7 Å². The Morgan fingerprint density at radius 2 is 2.10 bits per heavy atom. The molecular formula is C14H31IN4S. The molecule has 4 nitrogen and oxygen atoms in total. The van der Waals surface area contributed by atoms with E-state index in [2.05, 4.69) is 66.6 Å². The van der Waals surface area contributed by atoms with Gasteiger partial charge in [0.25, 0.3) is 0 Å². The minimum Gasteiger partial charge on any atom is -0.355 e. The van der Waals surface area contributed by atoms with Crippen molar-refractivity contribution >= 4 is 41.7 Å². The van der Waals surface area contributed by atoms with Crippen molar-refractivity contribution in [2.24, 2.45) is 4.99 Å². The van der Waals surface area contributed by atoms with Crippen LogP contribution in [0.15, 0.2) is 4.99 Å². The first-order chi connectivity index (χ1) is 8.85. The zero-order valence-corrected chi connectivity index (χ0v) is 16.9. The Bertz CT molecular complexity index is 308. The Kier molecular flexibility index (Phi) is 9.50. The van der Waals surface area contributed by atoms with E-state index in [1.807, 2.05) is 7.05 Å². The average Bonchev–Trinajstić information content (AvgIpc) is 2.32. The number of likely N-dealkylation sites (N-methyl/N-ethyl adjacent to an activating group) is 1. The first-order valence-corrected chi connectivity index (χ1v) is 8.14. The molecule has 0 saturated carbocycles. The van der Waals surface area contributed by atoms with E-state index in [0.29, 0.717) is 10.8 Å². The standard InChI is InChI=1S/C14H30N4S.HI/c1-12(2)17(6)8-7-16-13(15-5)18-9-10-19-14(3,4)11-18;/h12H,7-11H2,1-6H3,(H,15,16);1H. The molecular weight excluding hydrogens is 383 g/mol. The molecule has 6 heteroatoms. The van der Waals surface area contributed by atoms with Crippen molar-refractivity contribution in [3.05, 3.63) is 0 Å². The first-order valence-electron chi connectivity index (χ1n) is 7.15. The number of guanidine groups is 1.